The van der Waals surface area contributed by atoms with E-state index in [2.05, 4.69) is 20.8 Å². The van der Waals surface area contributed by atoms with Crippen molar-refractivity contribution in [3.05, 3.63) is 59.4 Å². The number of benzene rings is 2. The number of halogens is 1. The summed E-state index contributed by atoms with van der Waals surface area (Å²) in [5.41, 5.74) is 1.57. The molecule has 0 aliphatic carbocycles. The van der Waals surface area contributed by atoms with E-state index < -0.39 is 0 Å². The van der Waals surface area contributed by atoms with Crippen LogP contribution in [0, 0.1) is 5.82 Å². The maximum Gasteiger partial charge on any atom is 0.230 e. The fourth-order valence-corrected chi connectivity index (χ4v) is 4.24. The van der Waals surface area contributed by atoms with Gasteiger partial charge in [0.1, 0.15) is 5.82 Å². The number of ether oxygens (including phenoxy) is 2. The molecule has 2 aromatic carbocycles. The van der Waals surface area contributed by atoms with E-state index in [4.69, 9.17) is 9.47 Å². The minimum atomic E-state index is -0.321. The van der Waals surface area contributed by atoms with Crippen LogP contribution >= 0.6 is 23.1 Å². The highest BCUT2D eigenvalue weighted by molar-refractivity contribution is 8.01. The lowest BCUT2D eigenvalue weighted by molar-refractivity contribution is -0.118. The molecule has 11 heteroatoms. The second-order valence-corrected chi connectivity index (χ2v) is 8.68. The Kier molecular flexibility index (Phi) is 8.40. The Labute approximate surface area is 192 Å². The van der Waals surface area contributed by atoms with Gasteiger partial charge in [0.05, 0.1) is 26.4 Å². The van der Waals surface area contributed by atoms with E-state index >= 15 is 0 Å². The van der Waals surface area contributed by atoms with Crippen LogP contribution in [0.1, 0.15) is 11.1 Å². The van der Waals surface area contributed by atoms with Crippen molar-refractivity contribution in [1.29, 1.82) is 0 Å². The van der Waals surface area contributed by atoms with E-state index in [1.807, 2.05) is 0 Å². The van der Waals surface area contributed by atoms with Crippen molar-refractivity contribution in [2.24, 2.45) is 0 Å². The summed E-state index contributed by atoms with van der Waals surface area (Å²) in [6.45, 7) is 0.313. The van der Waals surface area contributed by atoms with Crippen molar-refractivity contribution < 1.29 is 23.5 Å². The lowest BCUT2D eigenvalue weighted by Gasteiger charge is -2.09. The first-order valence-corrected chi connectivity index (χ1v) is 11.2. The molecule has 2 amide bonds. The lowest BCUT2D eigenvalue weighted by atomic mass is 10.1. The Balaban J connectivity index is 1.44. The first-order chi connectivity index (χ1) is 15.5. The summed E-state index contributed by atoms with van der Waals surface area (Å²) in [5.74, 6) is 0.526. The predicted molar refractivity (Wildman–Crippen MR) is 121 cm³/mol. The van der Waals surface area contributed by atoms with Gasteiger partial charge in [-0.1, -0.05) is 41.3 Å². The zero-order valence-corrected chi connectivity index (χ0v) is 19.0. The van der Waals surface area contributed by atoms with Gasteiger partial charge in [0.25, 0.3) is 0 Å². The van der Waals surface area contributed by atoms with E-state index in [0.29, 0.717) is 27.5 Å². The summed E-state index contributed by atoms with van der Waals surface area (Å²) in [7, 11) is 3.08. The molecule has 168 valence electrons. The minimum absolute atomic E-state index is 0.133. The molecular formula is C21H21FN4O4S2. The van der Waals surface area contributed by atoms with Crippen molar-refractivity contribution >= 4 is 40.0 Å². The summed E-state index contributed by atoms with van der Waals surface area (Å²) < 4.78 is 23.9. The zero-order valence-electron chi connectivity index (χ0n) is 17.4. The van der Waals surface area contributed by atoms with E-state index in [0.717, 1.165) is 11.1 Å². The third-order valence-electron chi connectivity index (χ3n) is 4.20. The number of nitrogens with zero attached hydrogens (tertiary/aromatic N) is 2. The highest BCUT2D eigenvalue weighted by atomic mass is 32.2. The number of hydrogen-bond acceptors (Lipinski definition) is 8. The summed E-state index contributed by atoms with van der Waals surface area (Å²) >= 11 is 2.40. The summed E-state index contributed by atoms with van der Waals surface area (Å²) in [6.07, 6.45) is 0.133. The average molecular weight is 477 g/mol. The highest BCUT2D eigenvalue weighted by Crippen LogP contribution is 2.28. The molecule has 0 saturated carbocycles. The summed E-state index contributed by atoms with van der Waals surface area (Å²) in [4.78, 5) is 24.3. The van der Waals surface area contributed by atoms with Gasteiger partial charge in [0.2, 0.25) is 16.9 Å². The molecule has 8 nitrogen and oxygen atoms in total. The Hall–Kier alpha value is -3.18. The van der Waals surface area contributed by atoms with E-state index in [1.54, 1.807) is 37.4 Å². The van der Waals surface area contributed by atoms with Crippen molar-refractivity contribution in [3.63, 3.8) is 0 Å². The topological polar surface area (TPSA) is 102 Å². The van der Waals surface area contributed by atoms with Crippen LogP contribution in [0.5, 0.6) is 11.5 Å². The maximum atomic E-state index is 12.9. The third kappa shape index (κ3) is 6.92. The van der Waals surface area contributed by atoms with Crippen LogP contribution in [-0.4, -0.2) is 42.0 Å². The molecule has 32 heavy (non-hydrogen) atoms. The van der Waals surface area contributed by atoms with E-state index in [-0.39, 0.29) is 29.8 Å². The van der Waals surface area contributed by atoms with Gasteiger partial charge in [-0.2, -0.15) is 0 Å². The molecule has 0 atom stereocenters. The SMILES string of the molecule is COc1ccc(CC(=O)Nc2nnc(SCC(=O)NCc3ccc(F)cc3)s2)cc1OC. The van der Waals surface area contributed by atoms with Gasteiger partial charge in [-0.25, -0.2) is 4.39 Å². The number of aromatic nitrogens is 2. The Morgan fingerprint density at radius 2 is 1.72 bits per heavy atom. The van der Waals surface area contributed by atoms with Gasteiger partial charge in [-0.15, -0.1) is 10.2 Å². The van der Waals surface area contributed by atoms with Crippen LogP contribution in [0.15, 0.2) is 46.8 Å². The summed E-state index contributed by atoms with van der Waals surface area (Å²) in [6, 6.07) is 11.2. The van der Waals surface area contributed by atoms with E-state index in [1.165, 1.54) is 42.3 Å². The fourth-order valence-electron chi connectivity index (χ4n) is 2.64. The lowest BCUT2D eigenvalue weighted by Crippen LogP contribution is -2.24. The number of methoxy groups -OCH3 is 2. The van der Waals surface area contributed by atoms with Crippen molar-refractivity contribution in [2.75, 3.05) is 25.3 Å². The summed E-state index contributed by atoms with van der Waals surface area (Å²) in [5, 5.41) is 13.7. The van der Waals surface area contributed by atoms with Crippen LogP contribution in [0.3, 0.4) is 0 Å². The maximum absolute atomic E-state index is 12.9. The molecule has 0 unspecified atom stereocenters. The molecule has 3 rings (SSSR count). The Morgan fingerprint density at radius 1 is 1.00 bits per heavy atom. The van der Waals surface area contributed by atoms with Crippen LogP contribution in [0.25, 0.3) is 0 Å². The second-order valence-electron chi connectivity index (χ2n) is 6.48. The van der Waals surface area contributed by atoms with Gasteiger partial charge in [0.15, 0.2) is 15.8 Å². The van der Waals surface area contributed by atoms with Gasteiger partial charge in [0, 0.05) is 6.54 Å². The van der Waals surface area contributed by atoms with Crippen LogP contribution in [0.2, 0.25) is 0 Å². The molecule has 0 spiro atoms. The molecule has 0 bridgehead atoms. The van der Waals surface area contributed by atoms with Crippen LogP contribution < -0.4 is 20.1 Å². The van der Waals surface area contributed by atoms with Gasteiger partial charge < -0.3 is 20.1 Å². The van der Waals surface area contributed by atoms with Gasteiger partial charge in [-0.3, -0.25) is 9.59 Å². The number of nitrogens with one attached hydrogen (secondary N) is 2. The van der Waals surface area contributed by atoms with Gasteiger partial charge >= 0.3 is 0 Å². The molecule has 0 aliphatic heterocycles. The molecule has 1 heterocycles. The average Bonchev–Trinajstić information content (AvgIpc) is 3.24. The molecular weight excluding hydrogens is 455 g/mol. The predicted octanol–water partition coefficient (Wildman–Crippen LogP) is 3.28. The number of carbonyl (C=O) groups is 2. The number of anilines is 1. The molecule has 0 fully saturated rings. The van der Waals surface area contributed by atoms with Crippen molar-refractivity contribution in [3.8, 4) is 11.5 Å². The quantitative estimate of drug-likeness (QED) is 0.342. The monoisotopic (exact) mass is 476 g/mol. The normalized spacial score (nSPS) is 10.5. The van der Waals surface area contributed by atoms with Crippen molar-refractivity contribution in [1.82, 2.24) is 15.5 Å². The molecule has 0 radical (unpaired) electrons. The second kappa shape index (κ2) is 11.4. The molecule has 3 aromatic rings. The van der Waals surface area contributed by atoms with Crippen molar-refractivity contribution in [2.45, 2.75) is 17.3 Å². The smallest absolute Gasteiger partial charge is 0.230 e. The minimum Gasteiger partial charge on any atom is -0.493 e. The highest BCUT2D eigenvalue weighted by Gasteiger charge is 2.12. The largest absolute Gasteiger partial charge is 0.493 e. The first-order valence-electron chi connectivity index (χ1n) is 9.45. The fraction of sp³-hybridized carbons (Fsp3) is 0.238. The number of carbonyl (C=O) groups excluding carboxylic acids is 2. The number of amides is 2. The van der Waals surface area contributed by atoms with Gasteiger partial charge in [-0.05, 0) is 35.4 Å². The third-order valence-corrected chi connectivity index (χ3v) is 6.17. The number of thioether (sulfide) groups is 1. The number of hydrogen-bond donors (Lipinski definition) is 2. The number of rotatable bonds is 10. The van der Waals surface area contributed by atoms with E-state index in [9.17, 15) is 14.0 Å². The van der Waals surface area contributed by atoms with Crippen LogP contribution in [-0.2, 0) is 22.6 Å². The molecule has 1 aromatic heterocycles. The molecule has 0 aliphatic rings. The standard InChI is InChI=1S/C21H21FN4O4S2/c1-29-16-8-5-14(9-17(16)30-2)10-18(27)24-20-25-26-21(32-20)31-12-19(28)23-11-13-3-6-15(22)7-4-13/h3-9H,10-12H2,1-2H3,(H,23,28)(H,24,25,27). The zero-order chi connectivity index (χ0) is 22.9. The van der Waals surface area contributed by atoms with Crippen LogP contribution in [0.4, 0.5) is 9.52 Å². The first kappa shape index (κ1) is 23.5. The Morgan fingerprint density at radius 3 is 2.44 bits per heavy atom. The molecule has 2 N–H and O–H groups in total. The Bertz CT molecular complexity index is 1080. The molecule has 0 saturated heterocycles.